The Labute approximate surface area is 154 Å². The Kier molecular flexibility index (Phi) is 5.68. The average Bonchev–Trinajstić information content (AvgIpc) is 2.51. The minimum absolute atomic E-state index is 0.0260. The van der Waals surface area contributed by atoms with E-state index in [9.17, 15) is 0 Å². The minimum atomic E-state index is -0.0260. The summed E-state index contributed by atoms with van der Waals surface area (Å²) < 4.78 is 11.3. The summed E-state index contributed by atoms with van der Waals surface area (Å²) in [7, 11) is 3.81. The molecule has 0 heterocycles. The van der Waals surface area contributed by atoms with E-state index >= 15 is 0 Å². The van der Waals surface area contributed by atoms with Gasteiger partial charge in [-0.3, -0.25) is 0 Å². The van der Waals surface area contributed by atoms with Gasteiger partial charge in [0.25, 0.3) is 0 Å². The largest absolute Gasteiger partial charge is 0.467 e. The molecule has 0 fully saturated rings. The molecule has 0 atom stereocenters. The Balaban J connectivity index is 2.84. The number of hydrogen-bond acceptors (Lipinski definition) is 2. The third-order valence-corrected chi connectivity index (χ3v) is 4.52. The third kappa shape index (κ3) is 4.46. The van der Waals surface area contributed by atoms with Crippen molar-refractivity contribution in [2.75, 3.05) is 13.9 Å². The zero-order valence-corrected chi connectivity index (χ0v) is 17.0. The van der Waals surface area contributed by atoms with Gasteiger partial charge < -0.3 is 9.47 Å². The van der Waals surface area contributed by atoms with Crippen LogP contribution in [0.1, 0.15) is 52.7 Å². The predicted octanol–water partition coefficient (Wildman–Crippen LogP) is 4.19. The molecule has 0 amide bonds. The monoisotopic (exact) mass is 338 g/mol. The van der Waals surface area contributed by atoms with Crippen LogP contribution in [0.5, 0.6) is 5.75 Å². The van der Waals surface area contributed by atoms with E-state index in [-0.39, 0.29) is 17.6 Å². The lowest BCUT2D eigenvalue weighted by Crippen LogP contribution is -2.20. The first-order valence-electron chi connectivity index (χ1n) is 8.92. The molecule has 0 aliphatic carbocycles. The lowest BCUT2D eigenvalue weighted by molar-refractivity contribution is 0.0502. The van der Waals surface area contributed by atoms with Crippen LogP contribution < -0.4 is 10.2 Å². The molecule has 0 aliphatic rings. The highest BCUT2D eigenvalue weighted by Crippen LogP contribution is 2.42. The molecule has 25 heavy (non-hydrogen) atoms. The van der Waals surface area contributed by atoms with Crippen molar-refractivity contribution in [3.63, 3.8) is 0 Å². The van der Waals surface area contributed by atoms with Crippen molar-refractivity contribution in [2.45, 2.75) is 52.4 Å². The van der Waals surface area contributed by atoms with E-state index in [1.54, 1.807) is 7.11 Å². The first-order valence-corrected chi connectivity index (χ1v) is 8.92. The molecule has 0 spiro atoms. The average molecular weight is 338 g/mol. The normalized spacial score (nSPS) is 12.3. The van der Waals surface area contributed by atoms with Gasteiger partial charge >= 0.3 is 0 Å². The summed E-state index contributed by atoms with van der Waals surface area (Å²) in [5.74, 6) is 0.927. The van der Waals surface area contributed by atoms with Gasteiger partial charge in [0, 0.05) is 18.2 Å². The quantitative estimate of drug-likeness (QED) is 0.615. The van der Waals surface area contributed by atoms with E-state index < -0.39 is 0 Å². The molecule has 0 N–H and O–H groups in total. The summed E-state index contributed by atoms with van der Waals surface area (Å²) in [6, 6.07) is 13.1. The Morgan fingerprint density at radius 3 is 2.04 bits per heavy atom. The topological polar surface area (TPSA) is 18.5 Å². The number of ether oxygens (including phenoxy) is 2. The van der Waals surface area contributed by atoms with Gasteiger partial charge in [-0.25, -0.2) is 0 Å². The Bertz CT molecular complexity index is 737. The Morgan fingerprint density at radius 2 is 1.52 bits per heavy atom. The first kappa shape index (κ1) is 19.6. The van der Waals surface area contributed by atoms with Gasteiger partial charge in [-0.2, -0.15) is 0 Å². The molecule has 0 saturated heterocycles. The summed E-state index contributed by atoms with van der Waals surface area (Å²) in [5, 5.41) is 0. The Morgan fingerprint density at radius 1 is 0.880 bits per heavy atom. The number of benzene rings is 2. The van der Waals surface area contributed by atoms with Gasteiger partial charge in [0.1, 0.15) is 13.6 Å². The molecule has 0 aromatic heterocycles. The van der Waals surface area contributed by atoms with Crippen molar-refractivity contribution in [3.05, 3.63) is 47.5 Å². The van der Waals surface area contributed by atoms with Gasteiger partial charge in [0.15, 0.2) is 6.79 Å². The second-order valence-electron chi connectivity index (χ2n) is 8.77. The molecule has 0 aliphatic heterocycles. The van der Waals surface area contributed by atoms with Gasteiger partial charge in [-0.15, -0.1) is 0 Å². The SMILES string of the molecule is Bc1ccccc1-c1cc(C(C)(C)C)cc(C(C)(C)C)c1OCOC. The maximum Gasteiger partial charge on any atom is 0.188 e. The van der Waals surface area contributed by atoms with Crippen LogP contribution in [0.3, 0.4) is 0 Å². The van der Waals surface area contributed by atoms with Crippen molar-refractivity contribution in [1.82, 2.24) is 0 Å². The molecule has 0 radical (unpaired) electrons. The van der Waals surface area contributed by atoms with Crippen LogP contribution in [-0.4, -0.2) is 21.7 Å². The molecule has 2 rings (SSSR count). The van der Waals surface area contributed by atoms with Gasteiger partial charge in [0.05, 0.1) is 0 Å². The van der Waals surface area contributed by atoms with Crippen LogP contribution in [0.15, 0.2) is 36.4 Å². The predicted molar refractivity (Wildman–Crippen MR) is 110 cm³/mol. The summed E-state index contributed by atoms with van der Waals surface area (Å²) in [4.78, 5) is 0. The van der Waals surface area contributed by atoms with E-state index in [0.717, 1.165) is 11.3 Å². The fraction of sp³-hybridized carbons (Fsp3) is 0.455. The van der Waals surface area contributed by atoms with Crippen LogP contribution in [0.25, 0.3) is 11.1 Å². The van der Waals surface area contributed by atoms with Crippen LogP contribution in [0.4, 0.5) is 0 Å². The molecule has 2 aromatic rings. The van der Waals surface area contributed by atoms with E-state index in [0.29, 0.717) is 0 Å². The zero-order valence-electron chi connectivity index (χ0n) is 17.0. The third-order valence-electron chi connectivity index (χ3n) is 4.52. The lowest BCUT2D eigenvalue weighted by Gasteiger charge is -2.29. The fourth-order valence-corrected chi connectivity index (χ4v) is 2.97. The summed E-state index contributed by atoms with van der Waals surface area (Å²) >= 11 is 0. The summed E-state index contributed by atoms with van der Waals surface area (Å²) in [6.07, 6.45) is 0. The highest BCUT2D eigenvalue weighted by atomic mass is 16.7. The summed E-state index contributed by atoms with van der Waals surface area (Å²) in [5.41, 5.74) is 6.18. The van der Waals surface area contributed by atoms with Crippen LogP contribution in [-0.2, 0) is 15.6 Å². The Hall–Kier alpha value is -1.74. The molecular weight excluding hydrogens is 307 g/mol. The lowest BCUT2D eigenvalue weighted by atomic mass is 9.76. The van der Waals surface area contributed by atoms with E-state index in [1.807, 2.05) is 0 Å². The standard InChI is InChI=1S/C22H31BO2/c1-21(2,3)15-12-17(16-10-8-9-11-19(16)23)20(25-14-24-7)18(13-15)22(4,5)6/h8-13H,14,23H2,1-7H3. The van der Waals surface area contributed by atoms with Crippen LogP contribution in [0.2, 0.25) is 0 Å². The van der Waals surface area contributed by atoms with Gasteiger partial charge in [-0.1, -0.05) is 77.3 Å². The minimum Gasteiger partial charge on any atom is -0.467 e. The highest BCUT2D eigenvalue weighted by Gasteiger charge is 2.27. The van der Waals surface area contributed by atoms with Crippen molar-refractivity contribution >= 4 is 13.3 Å². The fourth-order valence-electron chi connectivity index (χ4n) is 2.97. The van der Waals surface area contributed by atoms with Crippen LogP contribution >= 0.6 is 0 Å². The zero-order chi connectivity index (χ0) is 18.8. The summed E-state index contributed by atoms with van der Waals surface area (Å²) in [6.45, 7) is 13.7. The number of rotatable bonds is 4. The highest BCUT2D eigenvalue weighted by molar-refractivity contribution is 6.36. The number of hydrogen-bond donors (Lipinski definition) is 0. The van der Waals surface area contributed by atoms with E-state index in [1.165, 1.54) is 22.2 Å². The van der Waals surface area contributed by atoms with Gasteiger partial charge in [-0.05, 0) is 28.0 Å². The molecule has 0 saturated carbocycles. The second kappa shape index (κ2) is 7.25. The maximum atomic E-state index is 6.10. The van der Waals surface area contributed by atoms with Crippen molar-refractivity contribution in [1.29, 1.82) is 0 Å². The van der Waals surface area contributed by atoms with E-state index in [2.05, 4.69) is 85.8 Å². The molecule has 134 valence electrons. The van der Waals surface area contributed by atoms with E-state index in [4.69, 9.17) is 9.47 Å². The van der Waals surface area contributed by atoms with Crippen molar-refractivity contribution < 1.29 is 9.47 Å². The van der Waals surface area contributed by atoms with Crippen LogP contribution in [0, 0.1) is 0 Å². The second-order valence-corrected chi connectivity index (χ2v) is 8.77. The van der Waals surface area contributed by atoms with Crippen molar-refractivity contribution in [2.24, 2.45) is 0 Å². The molecule has 3 heteroatoms. The first-order chi connectivity index (χ1) is 11.6. The molecule has 0 unspecified atom stereocenters. The van der Waals surface area contributed by atoms with Gasteiger partial charge in [0.2, 0.25) is 0 Å². The molecule has 2 nitrogen and oxygen atoms in total. The smallest absolute Gasteiger partial charge is 0.188 e. The molecule has 0 bridgehead atoms. The van der Waals surface area contributed by atoms with Crippen molar-refractivity contribution in [3.8, 4) is 16.9 Å². The molecular formula is C22H31BO2. The molecule has 2 aromatic carbocycles. The maximum absolute atomic E-state index is 6.10. The number of methoxy groups -OCH3 is 1.